The molecule has 0 amide bonds. The molecule has 0 radical (unpaired) electrons. The van der Waals surface area contributed by atoms with Crippen LogP contribution in [0.1, 0.15) is 43.4 Å². The summed E-state index contributed by atoms with van der Waals surface area (Å²) in [7, 11) is 0. The zero-order valence-corrected chi connectivity index (χ0v) is 15.7. The molecule has 0 aliphatic carbocycles. The summed E-state index contributed by atoms with van der Waals surface area (Å²) in [6.07, 6.45) is 2.60. The molecule has 1 aliphatic rings. The van der Waals surface area contributed by atoms with Gasteiger partial charge in [-0.3, -0.25) is 9.69 Å². The van der Waals surface area contributed by atoms with Crippen molar-refractivity contribution in [3.63, 3.8) is 0 Å². The summed E-state index contributed by atoms with van der Waals surface area (Å²) < 4.78 is 5.83. The number of hydrogen-bond acceptors (Lipinski definition) is 4. The number of nitrogens with zero attached hydrogens (tertiary/aromatic N) is 1. The number of carbonyl (C=O) groups is 1. The molecule has 1 N–H and O–H groups in total. The molecule has 2 heterocycles. The molecule has 2 atom stereocenters. The van der Waals surface area contributed by atoms with Crippen LogP contribution in [0.25, 0.3) is 0 Å². The van der Waals surface area contributed by atoms with E-state index in [0.29, 0.717) is 18.1 Å². The van der Waals surface area contributed by atoms with E-state index in [-0.39, 0.29) is 6.04 Å². The monoisotopic (exact) mass is 379 g/mol. The lowest BCUT2D eigenvalue weighted by molar-refractivity contribution is -0.145. The Bertz CT molecular complexity index is 719. The largest absolute Gasteiger partial charge is 0.494 e. The van der Waals surface area contributed by atoms with Crippen LogP contribution in [0.15, 0.2) is 35.0 Å². The van der Waals surface area contributed by atoms with Crippen LogP contribution in [-0.4, -0.2) is 35.2 Å². The molecule has 0 spiro atoms. The van der Waals surface area contributed by atoms with E-state index in [9.17, 15) is 9.90 Å². The Morgan fingerprint density at radius 1 is 1.44 bits per heavy atom. The van der Waals surface area contributed by atoms with E-state index in [1.807, 2.05) is 30.5 Å². The maximum absolute atomic E-state index is 11.9. The highest BCUT2D eigenvalue weighted by Crippen LogP contribution is 2.40. The maximum Gasteiger partial charge on any atom is 0.320 e. The van der Waals surface area contributed by atoms with Gasteiger partial charge in [-0.1, -0.05) is 18.0 Å². The number of carboxylic acid groups (broad SMARTS) is 1. The standard InChI is InChI=1S/C19H22ClNO3S/c1-2-24-17-7-6-14(20)11-15(17)18(13-8-10-25-12-13)21-9-4-3-5-16(21)19(22)23/h6-8,10-12,16,18H,2-5,9H2,1H3,(H,22,23). The summed E-state index contributed by atoms with van der Waals surface area (Å²) >= 11 is 7.88. The van der Waals surface area contributed by atoms with Crippen LogP contribution in [0.3, 0.4) is 0 Å². The van der Waals surface area contributed by atoms with Gasteiger partial charge in [0.2, 0.25) is 0 Å². The number of carboxylic acids is 1. The highest BCUT2D eigenvalue weighted by Gasteiger charge is 2.36. The van der Waals surface area contributed by atoms with E-state index in [1.54, 1.807) is 11.3 Å². The fourth-order valence-electron chi connectivity index (χ4n) is 3.53. The van der Waals surface area contributed by atoms with E-state index >= 15 is 0 Å². The molecule has 1 aliphatic heterocycles. The molecule has 6 heteroatoms. The van der Waals surface area contributed by atoms with E-state index in [4.69, 9.17) is 16.3 Å². The number of hydrogen-bond donors (Lipinski definition) is 1. The van der Waals surface area contributed by atoms with Gasteiger partial charge in [-0.2, -0.15) is 11.3 Å². The fraction of sp³-hybridized carbons (Fsp3) is 0.421. The van der Waals surface area contributed by atoms with Crippen molar-refractivity contribution in [2.45, 2.75) is 38.3 Å². The number of halogens is 1. The van der Waals surface area contributed by atoms with Crippen molar-refractivity contribution < 1.29 is 14.6 Å². The summed E-state index contributed by atoms with van der Waals surface area (Å²) in [5.41, 5.74) is 2.02. The molecule has 134 valence electrons. The lowest BCUT2D eigenvalue weighted by atomic mass is 9.92. The van der Waals surface area contributed by atoms with Gasteiger partial charge in [-0.15, -0.1) is 0 Å². The Balaban J connectivity index is 2.10. The van der Waals surface area contributed by atoms with E-state index in [2.05, 4.69) is 16.3 Å². The molecule has 2 unspecified atom stereocenters. The third kappa shape index (κ3) is 4.00. The third-order valence-electron chi connectivity index (χ3n) is 4.59. The SMILES string of the molecule is CCOc1ccc(Cl)cc1C(c1ccsc1)N1CCCCC1C(=O)O. The summed E-state index contributed by atoms with van der Waals surface area (Å²) in [5, 5.41) is 14.5. The van der Waals surface area contributed by atoms with Gasteiger partial charge < -0.3 is 9.84 Å². The van der Waals surface area contributed by atoms with Crippen molar-refractivity contribution in [1.29, 1.82) is 0 Å². The Morgan fingerprint density at radius 3 is 2.96 bits per heavy atom. The molecule has 0 saturated carbocycles. The van der Waals surface area contributed by atoms with Crippen molar-refractivity contribution in [3.8, 4) is 5.75 Å². The van der Waals surface area contributed by atoms with Crippen LogP contribution < -0.4 is 4.74 Å². The highest BCUT2D eigenvalue weighted by atomic mass is 35.5. The van der Waals surface area contributed by atoms with E-state index in [0.717, 1.165) is 36.3 Å². The Morgan fingerprint density at radius 2 is 2.28 bits per heavy atom. The second-order valence-electron chi connectivity index (χ2n) is 6.16. The van der Waals surface area contributed by atoms with Gasteiger partial charge in [-0.05, 0) is 66.9 Å². The van der Waals surface area contributed by atoms with Crippen molar-refractivity contribution >= 4 is 28.9 Å². The number of benzene rings is 1. The van der Waals surface area contributed by atoms with E-state index in [1.165, 1.54) is 0 Å². The van der Waals surface area contributed by atoms with Gasteiger partial charge in [0.05, 0.1) is 12.6 Å². The van der Waals surface area contributed by atoms with Crippen molar-refractivity contribution in [3.05, 3.63) is 51.2 Å². The van der Waals surface area contributed by atoms with Gasteiger partial charge in [0.1, 0.15) is 11.8 Å². The second-order valence-corrected chi connectivity index (χ2v) is 7.38. The summed E-state index contributed by atoms with van der Waals surface area (Å²) in [6, 6.07) is 6.98. The predicted octanol–water partition coefficient (Wildman–Crippen LogP) is 4.83. The van der Waals surface area contributed by atoms with E-state index < -0.39 is 12.0 Å². The Kier molecular flexibility index (Phi) is 5.99. The molecule has 4 nitrogen and oxygen atoms in total. The number of piperidine rings is 1. The number of aliphatic carboxylic acids is 1. The van der Waals surface area contributed by atoms with Crippen molar-refractivity contribution in [2.75, 3.05) is 13.2 Å². The van der Waals surface area contributed by atoms with Gasteiger partial charge in [0.15, 0.2) is 0 Å². The first-order chi connectivity index (χ1) is 12.1. The molecule has 1 fully saturated rings. The van der Waals surface area contributed by atoms with Crippen LogP contribution in [-0.2, 0) is 4.79 Å². The van der Waals surface area contributed by atoms with Crippen LogP contribution in [0.2, 0.25) is 5.02 Å². The van der Waals surface area contributed by atoms with Gasteiger partial charge in [0, 0.05) is 10.6 Å². The predicted molar refractivity (Wildman–Crippen MR) is 101 cm³/mol. The van der Waals surface area contributed by atoms with Crippen LogP contribution >= 0.6 is 22.9 Å². The molecular formula is C19H22ClNO3S. The summed E-state index contributed by atoms with van der Waals surface area (Å²) in [5.74, 6) is -0.00210. The fourth-order valence-corrected chi connectivity index (χ4v) is 4.39. The quantitative estimate of drug-likeness (QED) is 0.781. The summed E-state index contributed by atoms with van der Waals surface area (Å²) in [4.78, 5) is 13.9. The topological polar surface area (TPSA) is 49.8 Å². The van der Waals surface area contributed by atoms with Gasteiger partial charge in [0.25, 0.3) is 0 Å². The number of rotatable bonds is 6. The number of likely N-dealkylation sites (tertiary alicyclic amines) is 1. The van der Waals surface area contributed by atoms with Crippen LogP contribution in [0.4, 0.5) is 0 Å². The molecule has 25 heavy (non-hydrogen) atoms. The first-order valence-corrected chi connectivity index (χ1v) is 9.86. The number of ether oxygens (including phenoxy) is 1. The average molecular weight is 380 g/mol. The molecular weight excluding hydrogens is 358 g/mol. The molecule has 3 rings (SSSR count). The highest BCUT2D eigenvalue weighted by molar-refractivity contribution is 7.08. The zero-order valence-electron chi connectivity index (χ0n) is 14.2. The zero-order chi connectivity index (χ0) is 17.8. The molecule has 2 aromatic rings. The average Bonchev–Trinajstić information content (AvgIpc) is 3.12. The minimum absolute atomic E-state index is 0.173. The lowest BCUT2D eigenvalue weighted by Gasteiger charge is -2.39. The third-order valence-corrected chi connectivity index (χ3v) is 5.52. The number of thiophene rings is 1. The summed E-state index contributed by atoms with van der Waals surface area (Å²) in [6.45, 7) is 3.24. The second kappa shape index (κ2) is 8.21. The van der Waals surface area contributed by atoms with Gasteiger partial charge >= 0.3 is 5.97 Å². The molecule has 1 aromatic carbocycles. The van der Waals surface area contributed by atoms with Crippen LogP contribution in [0, 0.1) is 0 Å². The maximum atomic E-state index is 11.9. The minimum Gasteiger partial charge on any atom is -0.494 e. The smallest absolute Gasteiger partial charge is 0.320 e. The van der Waals surface area contributed by atoms with Crippen LogP contribution in [0.5, 0.6) is 5.75 Å². The lowest BCUT2D eigenvalue weighted by Crippen LogP contribution is -2.46. The van der Waals surface area contributed by atoms with Gasteiger partial charge in [-0.25, -0.2) is 0 Å². The first kappa shape index (κ1) is 18.2. The molecule has 1 aromatic heterocycles. The molecule has 0 bridgehead atoms. The normalized spacial score (nSPS) is 19.5. The van der Waals surface area contributed by atoms with Crippen molar-refractivity contribution in [2.24, 2.45) is 0 Å². The first-order valence-electron chi connectivity index (χ1n) is 8.54. The van der Waals surface area contributed by atoms with Crippen molar-refractivity contribution in [1.82, 2.24) is 4.90 Å². The Hall–Kier alpha value is -1.56. The Labute approximate surface area is 157 Å². The molecule has 1 saturated heterocycles. The minimum atomic E-state index is -0.764.